The van der Waals surface area contributed by atoms with Crippen LogP contribution in [0.15, 0.2) is 36.4 Å². The third-order valence-corrected chi connectivity index (χ3v) is 8.86. The Morgan fingerprint density at radius 2 is 1.78 bits per heavy atom. The molecule has 4 aliphatic carbocycles. The van der Waals surface area contributed by atoms with Crippen molar-refractivity contribution in [2.45, 2.75) is 65.4 Å². The second kappa shape index (κ2) is 6.01. The largest absolute Gasteiger partial charge is 0.393 e. The number of allylic oxidation sites excluding steroid dienone is 3. The Morgan fingerprint density at radius 1 is 1.04 bits per heavy atom. The number of aliphatic hydroxyl groups is 1. The van der Waals surface area contributed by atoms with E-state index in [1.54, 1.807) is 11.9 Å². The Balaban J connectivity index is 1.52. The highest BCUT2D eigenvalue weighted by molar-refractivity contribution is 5.72. The van der Waals surface area contributed by atoms with Gasteiger partial charge in [0, 0.05) is 18.0 Å². The molecule has 0 spiro atoms. The van der Waals surface area contributed by atoms with Gasteiger partial charge in [0.15, 0.2) is 0 Å². The molecule has 3 heteroatoms. The fourth-order valence-corrected chi connectivity index (χ4v) is 7.46. The quantitative estimate of drug-likeness (QED) is 0.710. The predicted octanol–water partition coefficient (Wildman–Crippen LogP) is 5.04. The summed E-state index contributed by atoms with van der Waals surface area (Å²) in [4.78, 5) is 8.56. The first-order valence-electron chi connectivity index (χ1n) is 10.8. The van der Waals surface area contributed by atoms with Crippen molar-refractivity contribution in [2.75, 3.05) is 0 Å². The summed E-state index contributed by atoms with van der Waals surface area (Å²) in [6.45, 7) is 7.43. The van der Waals surface area contributed by atoms with Crippen LogP contribution in [0.5, 0.6) is 0 Å². The Kier molecular flexibility index (Phi) is 3.92. The summed E-state index contributed by atoms with van der Waals surface area (Å²) in [5.41, 5.74) is 4.80. The molecular formula is C24H32N2O. The van der Waals surface area contributed by atoms with Crippen LogP contribution in [0.2, 0.25) is 0 Å². The van der Waals surface area contributed by atoms with Gasteiger partial charge in [0.2, 0.25) is 0 Å². The van der Waals surface area contributed by atoms with Crippen molar-refractivity contribution in [3.63, 3.8) is 0 Å². The van der Waals surface area contributed by atoms with Crippen molar-refractivity contribution in [1.29, 1.82) is 0 Å². The molecular weight excluding hydrogens is 332 g/mol. The van der Waals surface area contributed by atoms with Gasteiger partial charge in [0.25, 0.3) is 0 Å². The lowest BCUT2D eigenvalue weighted by Gasteiger charge is -2.59. The van der Waals surface area contributed by atoms with E-state index in [1.807, 2.05) is 12.4 Å². The summed E-state index contributed by atoms with van der Waals surface area (Å²) >= 11 is 0. The standard InChI is InChI=1S/C24H32N2O/c1-15-10-17-11-18(27)6-8-23(17,2)21-7-9-24(3)19(4-5-20(24)22(15)21)16-12-25-14-26-13-16/h4,10,12-15,18,20-22,27H,5-9,11H2,1-3H3/t15-,18-,20-,21-,22-,23-,24+/m0/s1. The van der Waals surface area contributed by atoms with E-state index in [0.717, 1.165) is 31.1 Å². The highest BCUT2D eigenvalue weighted by Crippen LogP contribution is 2.67. The zero-order valence-electron chi connectivity index (χ0n) is 16.9. The van der Waals surface area contributed by atoms with E-state index in [-0.39, 0.29) is 11.5 Å². The number of aromatic nitrogens is 2. The first kappa shape index (κ1) is 17.6. The smallest absolute Gasteiger partial charge is 0.115 e. The Hall–Kier alpha value is -1.48. The molecule has 0 unspecified atom stereocenters. The van der Waals surface area contributed by atoms with Gasteiger partial charge in [-0.15, -0.1) is 0 Å². The molecule has 1 N–H and O–H groups in total. The molecule has 0 radical (unpaired) electrons. The minimum Gasteiger partial charge on any atom is -0.393 e. The van der Waals surface area contributed by atoms with Crippen molar-refractivity contribution in [3.05, 3.63) is 42.0 Å². The topological polar surface area (TPSA) is 46.0 Å². The van der Waals surface area contributed by atoms with E-state index in [1.165, 1.54) is 30.4 Å². The third-order valence-electron chi connectivity index (χ3n) is 8.86. The van der Waals surface area contributed by atoms with Crippen molar-refractivity contribution in [2.24, 2.45) is 34.5 Å². The van der Waals surface area contributed by atoms with Crippen molar-refractivity contribution in [3.8, 4) is 0 Å². The van der Waals surface area contributed by atoms with Gasteiger partial charge < -0.3 is 5.11 Å². The number of aliphatic hydroxyl groups excluding tert-OH is 1. The van der Waals surface area contributed by atoms with Gasteiger partial charge >= 0.3 is 0 Å². The number of fused-ring (bicyclic) bond motifs is 5. The molecule has 0 aromatic carbocycles. The Bertz CT molecular complexity index is 800. The molecule has 1 heterocycles. The minimum absolute atomic E-state index is 0.125. The summed E-state index contributed by atoms with van der Waals surface area (Å²) in [7, 11) is 0. The van der Waals surface area contributed by atoms with E-state index in [2.05, 4.69) is 42.9 Å². The SMILES string of the molecule is C[C@H]1C=C2C[C@@H](O)CC[C@]2(C)[C@H]2CC[C@]3(C)C(c4cncnc4)=CC[C@H]3[C@H]12. The first-order chi connectivity index (χ1) is 12.9. The third kappa shape index (κ3) is 2.43. The van der Waals surface area contributed by atoms with E-state index < -0.39 is 0 Å². The van der Waals surface area contributed by atoms with Crippen LogP contribution in [0.25, 0.3) is 5.57 Å². The van der Waals surface area contributed by atoms with Gasteiger partial charge in [0.1, 0.15) is 6.33 Å². The predicted molar refractivity (Wildman–Crippen MR) is 108 cm³/mol. The maximum atomic E-state index is 10.2. The van der Waals surface area contributed by atoms with Crippen LogP contribution in [0, 0.1) is 34.5 Å². The van der Waals surface area contributed by atoms with Gasteiger partial charge in [-0.25, -0.2) is 9.97 Å². The Labute approximate surface area is 163 Å². The van der Waals surface area contributed by atoms with Crippen LogP contribution in [0.3, 0.4) is 0 Å². The van der Waals surface area contributed by atoms with Gasteiger partial charge in [-0.1, -0.05) is 38.5 Å². The lowest BCUT2D eigenvalue weighted by molar-refractivity contribution is -0.0425. The molecule has 5 rings (SSSR count). The molecule has 1 aromatic rings. The normalized spacial score (nSPS) is 46.0. The summed E-state index contributed by atoms with van der Waals surface area (Å²) in [6.07, 6.45) is 17.3. The number of rotatable bonds is 1. The molecule has 0 saturated heterocycles. The molecule has 0 bridgehead atoms. The fraction of sp³-hybridized carbons (Fsp3) is 0.667. The average Bonchev–Trinajstić information content (AvgIpc) is 3.01. The second-order valence-corrected chi connectivity index (χ2v) is 10.1. The van der Waals surface area contributed by atoms with Crippen LogP contribution in [0.1, 0.15) is 64.9 Å². The number of nitrogens with zero attached hydrogens (tertiary/aromatic N) is 2. The molecule has 1 aromatic heterocycles. The van der Waals surface area contributed by atoms with Crippen molar-refractivity contribution < 1.29 is 5.11 Å². The molecule has 2 fully saturated rings. The van der Waals surface area contributed by atoms with Gasteiger partial charge in [0.05, 0.1) is 6.10 Å². The van der Waals surface area contributed by atoms with Crippen LogP contribution in [-0.4, -0.2) is 21.2 Å². The van der Waals surface area contributed by atoms with Gasteiger partial charge in [-0.05, 0) is 78.6 Å². The van der Waals surface area contributed by atoms with Crippen LogP contribution in [0.4, 0.5) is 0 Å². The monoisotopic (exact) mass is 364 g/mol. The van der Waals surface area contributed by atoms with Gasteiger partial charge in [-0.3, -0.25) is 0 Å². The summed E-state index contributed by atoms with van der Waals surface area (Å²) < 4.78 is 0. The molecule has 27 heavy (non-hydrogen) atoms. The number of hydrogen-bond acceptors (Lipinski definition) is 3. The van der Waals surface area contributed by atoms with Crippen molar-refractivity contribution in [1.82, 2.24) is 9.97 Å². The van der Waals surface area contributed by atoms with E-state index >= 15 is 0 Å². The summed E-state index contributed by atoms with van der Waals surface area (Å²) in [6, 6.07) is 0. The molecule has 2 saturated carbocycles. The highest BCUT2D eigenvalue weighted by Gasteiger charge is 2.58. The molecule has 4 aliphatic rings. The average molecular weight is 365 g/mol. The lowest BCUT2D eigenvalue weighted by Crippen LogP contribution is -2.52. The number of hydrogen-bond donors (Lipinski definition) is 1. The molecule has 0 aliphatic heterocycles. The summed E-state index contributed by atoms with van der Waals surface area (Å²) in [5.74, 6) is 2.82. The summed E-state index contributed by atoms with van der Waals surface area (Å²) in [5, 5.41) is 10.2. The zero-order valence-corrected chi connectivity index (χ0v) is 16.9. The molecule has 3 nitrogen and oxygen atoms in total. The first-order valence-corrected chi connectivity index (χ1v) is 10.8. The van der Waals surface area contributed by atoms with E-state index in [9.17, 15) is 5.11 Å². The maximum absolute atomic E-state index is 10.2. The van der Waals surface area contributed by atoms with E-state index in [0.29, 0.717) is 17.3 Å². The van der Waals surface area contributed by atoms with Crippen LogP contribution >= 0.6 is 0 Å². The van der Waals surface area contributed by atoms with Crippen molar-refractivity contribution >= 4 is 5.57 Å². The minimum atomic E-state index is -0.125. The molecule has 144 valence electrons. The molecule has 0 amide bonds. The molecule has 7 atom stereocenters. The zero-order chi connectivity index (χ0) is 18.8. The van der Waals surface area contributed by atoms with Gasteiger partial charge in [-0.2, -0.15) is 0 Å². The lowest BCUT2D eigenvalue weighted by atomic mass is 9.45. The fourth-order valence-electron chi connectivity index (χ4n) is 7.46. The highest BCUT2D eigenvalue weighted by atomic mass is 16.3. The maximum Gasteiger partial charge on any atom is 0.115 e. The van der Waals surface area contributed by atoms with Crippen LogP contribution < -0.4 is 0 Å². The second-order valence-electron chi connectivity index (χ2n) is 10.1. The van der Waals surface area contributed by atoms with Crippen LogP contribution in [-0.2, 0) is 0 Å². The van der Waals surface area contributed by atoms with E-state index in [4.69, 9.17) is 0 Å². The Morgan fingerprint density at radius 3 is 2.56 bits per heavy atom.